The highest BCUT2D eigenvalue weighted by Crippen LogP contribution is 2.30. The van der Waals surface area contributed by atoms with Gasteiger partial charge in [-0.1, -0.05) is 12.1 Å². The van der Waals surface area contributed by atoms with Gasteiger partial charge in [-0.25, -0.2) is 0 Å². The Hall–Kier alpha value is -2.92. The standard InChI is InChI=1S/C20H21N3O2/c1-24-17-7-3-5-15-19(17)13(11-22-15)9-21-10-14-12-23-16-6-4-8-18(25-2)20(14)16/h3-8,11-12,21-23H,9-10H2,1-2H3. The third kappa shape index (κ3) is 2.72. The van der Waals surface area contributed by atoms with Crippen LogP contribution in [-0.4, -0.2) is 24.2 Å². The molecule has 4 rings (SSSR count). The number of fused-ring (bicyclic) bond motifs is 2. The van der Waals surface area contributed by atoms with Crippen molar-refractivity contribution in [2.24, 2.45) is 0 Å². The second-order valence-electron chi connectivity index (χ2n) is 6.00. The van der Waals surface area contributed by atoms with E-state index in [-0.39, 0.29) is 0 Å². The average Bonchev–Trinajstić information content (AvgIpc) is 3.26. The highest BCUT2D eigenvalue weighted by atomic mass is 16.5. The fraction of sp³-hybridized carbons (Fsp3) is 0.200. The van der Waals surface area contributed by atoms with Crippen LogP contribution in [0.25, 0.3) is 21.8 Å². The van der Waals surface area contributed by atoms with Gasteiger partial charge in [0.05, 0.1) is 14.2 Å². The van der Waals surface area contributed by atoms with Crippen molar-refractivity contribution in [1.29, 1.82) is 0 Å². The minimum Gasteiger partial charge on any atom is -0.496 e. The summed E-state index contributed by atoms with van der Waals surface area (Å²) >= 11 is 0. The smallest absolute Gasteiger partial charge is 0.128 e. The van der Waals surface area contributed by atoms with E-state index in [1.807, 2.05) is 36.7 Å². The van der Waals surface area contributed by atoms with Crippen molar-refractivity contribution < 1.29 is 9.47 Å². The van der Waals surface area contributed by atoms with Crippen molar-refractivity contribution in [3.05, 3.63) is 59.9 Å². The molecule has 0 amide bonds. The molecule has 0 spiro atoms. The van der Waals surface area contributed by atoms with Crippen LogP contribution in [0.2, 0.25) is 0 Å². The Kier molecular flexibility index (Phi) is 4.07. The van der Waals surface area contributed by atoms with E-state index >= 15 is 0 Å². The first kappa shape index (κ1) is 15.6. The minimum atomic E-state index is 0.752. The van der Waals surface area contributed by atoms with Gasteiger partial charge in [0.1, 0.15) is 11.5 Å². The molecule has 0 radical (unpaired) electrons. The maximum Gasteiger partial charge on any atom is 0.128 e. The first-order valence-electron chi connectivity index (χ1n) is 8.28. The fourth-order valence-electron chi connectivity index (χ4n) is 3.39. The second kappa shape index (κ2) is 6.53. The first-order chi connectivity index (χ1) is 12.3. The molecule has 0 fully saturated rings. The molecule has 2 aromatic heterocycles. The molecule has 25 heavy (non-hydrogen) atoms. The lowest BCUT2D eigenvalue weighted by Gasteiger charge is -2.08. The molecule has 0 aliphatic carbocycles. The number of aromatic amines is 2. The number of hydrogen-bond donors (Lipinski definition) is 3. The predicted octanol–water partition coefficient (Wildman–Crippen LogP) is 3.96. The molecule has 2 aromatic carbocycles. The normalized spacial score (nSPS) is 11.3. The molecular weight excluding hydrogens is 314 g/mol. The molecule has 128 valence electrons. The van der Waals surface area contributed by atoms with Crippen molar-refractivity contribution in [2.45, 2.75) is 13.1 Å². The number of ether oxygens (including phenoxy) is 2. The SMILES string of the molecule is COc1cccc2[nH]cc(CNCc3c[nH]c4cccc(OC)c34)c12. The Balaban J connectivity index is 1.56. The average molecular weight is 335 g/mol. The van der Waals surface area contributed by atoms with E-state index < -0.39 is 0 Å². The van der Waals surface area contributed by atoms with E-state index in [0.717, 1.165) is 46.4 Å². The van der Waals surface area contributed by atoms with Crippen LogP contribution in [0.5, 0.6) is 11.5 Å². The molecule has 0 aliphatic rings. The summed E-state index contributed by atoms with van der Waals surface area (Å²) in [6.45, 7) is 1.50. The lowest BCUT2D eigenvalue weighted by molar-refractivity contribution is 0.419. The van der Waals surface area contributed by atoms with Crippen molar-refractivity contribution in [3.8, 4) is 11.5 Å². The van der Waals surface area contributed by atoms with Crippen LogP contribution < -0.4 is 14.8 Å². The molecule has 0 bridgehead atoms. The molecule has 3 N–H and O–H groups in total. The number of methoxy groups -OCH3 is 2. The molecular formula is C20H21N3O2. The van der Waals surface area contributed by atoms with E-state index in [0.29, 0.717) is 0 Å². The van der Waals surface area contributed by atoms with Crippen LogP contribution in [0.4, 0.5) is 0 Å². The lowest BCUT2D eigenvalue weighted by atomic mass is 10.1. The van der Waals surface area contributed by atoms with E-state index in [4.69, 9.17) is 9.47 Å². The molecule has 5 heteroatoms. The molecule has 0 saturated heterocycles. The van der Waals surface area contributed by atoms with E-state index in [9.17, 15) is 0 Å². The predicted molar refractivity (Wildman–Crippen MR) is 100 cm³/mol. The molecule has 5 nitrogen and oxygen atoms in total. The van der Waals surface area contributed by atoms with Gasteiger partial charge in [-0.05, 0) is 35.4 Å². The van der Waals surface area contributed by atoms with Gasteiger partial charge in [-0.15, -0.1) is 0 Å². The van der Waals surface area contributed by atoms with Gasteiger partial charge in [0.2, 0.25) is 0 Å². The zero-order chi connectivity index (χ0) is 17.2. The Morgan fingerprint density at radius 1 is 0.760 bits per heavy atom. The van der Waals surface area contributed by atoms with Crippen molar-refractivity contribution >= 4 is 21.8 Å². The summed E-state index contributed by atoms with van der Waals surface area (Å²) in [5.74, 6) is 1.79. The summed E-state index contributed by atoms with van der Waals surface area (Å²) in [7, 11) is 3.41. The van der Waals surface area contributed by atoms with E-state index in [2.05, 4.69) is 27.4 Å². The number of hydrogen-bond acceptors (Lipinski definition) is 3. The minimum absolute atomic E-state index is 0.752. The zero-order valence-corrected chi connectivity index (χ0v) is 14.3. The van der Waals surface area contributed by atoms with Crippen molar-refractivity contribution in [1.82, 2.24) is 15.3 Å². The molecule has 0 aliphatic heterocycles. The second-order valence-corrected chi connectivity index (χ2v) is 6.00. The van der Waals surface area contributed by atoms with Crippen LogP contribution in [0.1, 0.15) is 11.1 Å². The van der Waals surface area contributed by atoms with Crippen LogP contribution in [-0.2, 0) is 13.1 Å². The van der Waals surface area contributed by atoms with Crippen LogP contribution in [0.15, 0.2) is 48.8 Å². The Labute approximate surface area is 146 Å². The Morgan fingerprint density at radius 3 is 1.68 bits per heavy atom. The summed E-state index contributed by atoms with van der Waals surface area (Å²) in [6, 6.07) is 12.1. The van der Waals surface area contributed by atoms with Gasteiger partial charge in [-0.3, -0.25) is 0 Å². The number of nitrogens with one attached hydrogen (secondary N) is 3. The van der Waals surface area contributed by atoms with Gasteiger partial charge in [0.25, 0.3) is 0 Å². The van der Waals surface area contributed by atoms with Gasteiger partial charge >= 0.3 is 0 Å². The molecule has 0 saturated carbocycles. The van der Waals surface area contributed by atoms with Gasteiger partial charge in [0, 0.05) is 47.3 Å². The van der Waals surface area contributed by atoms with Crippen molar-refractivity contribution in [2.75, 3.05) is 14.2 Å². The quantitative estimate of drug-likeness (QED) is 0.500. The summed E-state index contributed by atoms with van der Waals surface area (Å²) in [5.41, 5.74) is 4.56. The van der Waals surface area contributed by atoms with Crippen molar-refractivity contribution in [3.63, 3.8) is 0 Å². The summed E-state index contributed by atoms with van der Waals surface area (Å²) in [4.78, 5) is 6.62. The lowest BCUT2D eigenvalue weighted by Crippen LogP contribution is -2.12. The van der Waals surface area contributed by atoms with E-state index in [1.54, 1.807) is 14.2 Å². The van der Waals surface area contributed by atoms with Crippen LogP contribution in [0.3, 0.4) is 0 Å². The molecule has 0 atom stereocenters. The maximum absolute atomic E-state index is 5.50. The number of benzene rings is 2. The maximum atomic E-state index is 5.50. The third-order valence-electron chi connectivity index (χ3n) is 4.57. The highest BCUT2D eigenvalue weighted by Gasteiger charge is 2.11. The van der Waals surface area contributed by atoms with Gasteiger partial charge < -0.3 is 24.8 Å². The summed E-state index contributed by atoms with van der Waals surface area (Å²) in [6.07, 6.45) is 4.08. The van der Waals surface area contributed by atoms with Crippen LogP contribution >= 0.6 is 0 Å². The number of rotatable bonds is 6. The van der Waals surface area contributed by atoms with Crippen LogP contribution in [0, 0.1) is 0 Å². The monoisotopic (exact) mass is 335 g/mol. The highest BCUT2D eigenvalue weighted by molar-refractivity contribution is 5.90. The first-order valence-corrected chi connectivity index (χ1v) is 8.28. The summed E-state index contributed by atoms with van der Waals surface area (Å²) in [5, 5.41) is 5.79. The Morgan fingerprint density at radius 2 is 1.24 bits per heavy atom. The largest absolute Gasteiger partial charge is 0.496 e. The zero-order valence-electron chi connectivity index (χ0n) is 14.3. The third-order valence-corrected chi connectivity index (χ3v) is 4.57. The summed E-state index contributed by atoms with van der Waals surface area (Å²) < 4.78 is 11.0. The number of H-pyrrole nitrogens is 2. The molecule has 4 aromatic rings. The topological polar surface area (TPSA) is 62.1 Å². The van der Waals surface area contributed by atoms with Gasteiger partial charge in [0.15, 0.2) is 0 Å². The molecule has 0 unspecified atom stereocenters. The van der Waals surface area contributed by atoms with E-state index in [1.165, 1.54) is 11.1 Å². The Bertz CT molecular complexity index is 934. The van der Waals surface area contributed by atoms with Gasteiger partial charge in [-0.2, -0.15) is 0 Å². The molecule has 2 heterocycles. The fourth-order valence-corrected chi connectivity index (χ4v) is 3.39. The number of aromatic nitrogens is 2.